The SMILES string of the molecule is c1ccc2c(c1)C[C@@H]1CC[C@H](C2)N(Cc2ccnc3ccccc23)C1. The van der Waals surface area contributed by atoms with Crippen LogP contribution >= 0.6 is 0 Å². The highest BCUT2D eigenvalue weighted by Crippen LogP contribution is 2.33. The summed E-state index contributed by atoms with van der Waals surface area (Å²) >= 11 is 0. The summed E-state index contributed by atoms with van der Waals surface area (Å²) in [7, 11) is 0. The third-order valence-corrected chi connectivity index (χ3v) is 6.11. The van der Waals surface area contributed by atoms with Crippen LogP contribution in [-0.2, 0) is 19.4 Å². The van der Waals surface area contributed by atoms with E-state index in [2.05, 4.69) is 64.5 Å². The molecule has 3 heterocycles. The molecule has 2 atom stereocenters. The van der Waals surface area contributed by atoms with Gasteiger partial charge in [0.05, 0.1) is 5.52 Å². The van der Waals surface area contributed by atoms with Crippen LogP contribution in [0.25, 0.3) is 10.9 Å². The second-order valence-corrected chi connectivity index (χ2v) is 7.69. The van der Waals surface area contributed by atoms with Crippen molar-refractivity contribution in [2.24, 2.45) is 5.92 Å². The number of pyridine rings is 1. The zero-order chi connectivity index (χ0) is 16.6. The molecule has 126 valence electrons. The van der Waals surface area contributed by atoms with Crippen molar-refractivity contribution in [2.45, 2.75) is 38.3 Å². The van der Waals surface area contributed by atoms with Gasteiger partial charge < -0.3 is 0 Å². The third-order valence-electron chi connectivity index (χ3n) is 6.11. The smallest absolute Gasteiger partial charge is 0.0705 e. The van der Waals surface area contributed by atoms with Crippen molar-refractivity contribution >= 4 is 10.9 Å². The Morgan fingerprint density at radius 1 is 0.880 bits per heavy atom. The van der Waals surface area contributed by atoms with Gasteiger partial charge in [-0.3, -0.25) is 9.88 Å². The zero-order valence-corrected chi connectivity index (χ0v) is 14.6. The number of piperidine rings is 1. The monoisotopic (exact) mass is 328 g/mol. The summed E-state index contributed by atoms with van der Waals surface area (Å²) < 4.78 is 0. The summed E-state index contributed by atoms with van der Waals surface area (Å²) in [5.41, 5.74) is 5.69. The van der Waals surface area contributed by atoms with Gasteiger partial charge in [-0.25, -0.2) is 0 Å². The van der Waals surface area contributed by atoms with Crippen LogP contribution in [0.3, 0.4) is 0 Å². The van der Waals surface area contributed by atoms with Crippen molar-refractivity contribution in [3.63, 3.8) is 0 Å². The fraction of sp³-hybridized carbons (Fsp3) is 0.348. The van der Waals surface area contributed by atoms with Gasteiger partial charge in [0.1, 0.15) is 0 Å². The van der Waals surface area contributed by atoms with E-state index < -0.39 is 0 Å². The number of para-hydroxylation sites is 1. The van der Waals surface area contributed by atoms with Gasteiger partial charge in [-0.2, -0.15) is 0 Å². The van der Waals surface area contributed by atoms with Crippen LogP contribution in [0.1, 0.15) is 29.5 Å². The molecule has 1 fully saturated rings. The molecule has 1 aromatic heterocycles. The van der Waals surface area contributed by atoms with Crippen molar-refractivity contribution in [3.05, 3.63) is 77.5 Å². The van der Waals surface area contributed by atoms with Crippen molar-refractivity contribution in [2.75, 3.05) is 6.54 Å². The molecule has 0 N–H and O–H groups in total. The van der Waals surface area contributed by atoms with Gasteiger partial charge in [0.2, 0.25) is 0 Å². The van der Waals surface area contributed by atoms with Crippen LogP contribution in [0, 0.1) is 5.92 Å². The van der Waals surface area contributed by atoms with Crippen LogP contribution < -0.4 is 0 Å². The topological polar surface area (TPSA) is 16.1 Å². The average Bonchev–Trinajstić information content (AvgIpc) is 2.63. The molecule has 2 aliphatic heterocycles. The Hall–Kier alpha value is -2.19. The highest BCUT2D eigenvalue weighted by Gasteiger charge is 2.31. The summed E-state index contributed by atoms with van der Waals surface area (Å²) in [5, 5.41) is 1.31. The molecule has 2 bridgehead atoms. The van der Waals surface area contributed by atoms with Crippen molar-refractivity contribution in [1.29, 1.82) is 0 Å². The molecule has 2 nitrogen and oxygen atoms in total. The maximum Gasteiger partial charge on any atom is 0.0705 e. The maximum atomic E-state index is 4.53. The van der Waals surface area contributed by atoms with Crippen molar-refractivity contribution < 1.29 is 0 Å². The van der Waals surface area contributed by atoms with E-state index >= 15 is 0 Å². The Morgan fingerprint density at radius 3 is 2.60 bits per heavy atom. The summed E-state index contributed by atoms with van der Waals surface area (Å²) in [6.45, 7) is 2.28. The normalized spacial score (nSPS) is 23.2. The van der Waals surface area contributed by atoms with Crippen LogP contribution in [0.15, 0.2) is 60.8 Å². The minimum Gasteiger partial charge on any atom is -0.295 e. The lowest BCUT2D eigenvalue weighted by atomic mass is 9.80. The minimum atomic E-state index is 0.671. The van der Waals surface area contributed by atoms with Gasteiger partial charge >= 0.3 is 0 Å². The number of hydrogen-bond donors (Lipinski definition) is 0. The van der Waals surface area contributed by atoms with E-state index in [0.717, 1.165) is 18.0 Å². The Labute approximate surface area is 149 Å². The number of aromatic nitrogens is 1. The largest absolute Gasteiger partial charge is 0.295 e. The summed E-state index contributed by atoms with van der Waals surface area (Å²) in [6, 6.07) is 20.5. The van der Waals surface area contributed by atoms with E-state index in [-0.39, 0.29) is 0 Å². The quantitative estimate of drug-likeness (QED) is 0.683. The summed E-state index contributed by atoms with van der Waals surface area (Å²) in [5.74, 6) is 0.797. The maximum absolute atomic E-state index is 4.53. The van der Waals surface area contributed by atoms with Crippen LogP contribution in [0.5, 0.6) is 0 Å². The summed E-state index contributed by atoms with van der Waals surface area (Å²) in [4.78, 5) is 7.27. The van der Waals surface area contributed by atoms with E-state index in [1.54, 1.807) is 11.1 Å². The zero-order valence-electron chi connectivity index (χ0n) is 14.6. The fourth-order valence-corrected chi connectivity index (χ4v) is 4.81. The number of hydrogen-bond acceptors (Lipinski definition) is 2. The van der Waals surface area contributed by atoms with Gasteiger partial charge in [-0.15, -0.1) is 0 Å². The Balaban J connectivity index is 1.47. The molecule has 0 radical (unpaired) electrons. The second kappa shape index (κ2) is 6.27. The minimum absolute atomic E-state index is 0.671. The fourth-order valence-electron chi connectivity index (χ4n) is 4.81. The van der Waals surface area contributed by atoms with Crippen LogP contribution in [0.4, 0.5) is 0 Å². The first-order valence-electron chi connectivity index (χ1n) is 9.50. The van der Waals surface area contributed by atoms with E-state index in [1.807, 2.05) is 6.20 Å². The molecule has 0 saturated carbocycles. The number of benzene rings is 2. The molecule has 0 amide bonds. The lowest BCUT2D eigenvalue weighted by Gasteiger charge is -2.42. The first-order valence-corrected chi connectivity index (χ1v) is 9.50. The van der Waals surface area contributed by atoms with Crippen molar-refractivity contribution in [3.8, 4) is 0 Å². The lowest BCUT2D eigenvalue weighted by molar-refractivity contribution is 0.0942. The van der Waals surface area contributed by atoms with Gasteiger partial charge in [0, 0.05) is 30.7 Å². The van der Waals surface area contributed by atoms with Crippen molar-refractivity contribution in [1.82, 2.24) is 9.88 Å². The third kappa shape index (κ3) is 2.85. The van der Waals surface area contributed by atoms with E-state index in [4.69, 9.17) is 0 Å². The first kappa shape index (κ1) is 15.1. The molecule has 2 aromatic carbocycles. The van der Waals surface area contributed by atoms with E-state index in [1.165, 1.54) is 43.2 Å². The standard InChI is InChI=1S/C23H24N2/c1-2-6-19-14-21-10-9-17(13-18(19)5-1)15-25(21)16-20-11-12-24-23-8-4-3-7-22(20)23/h1-8,11-12,17,21H,9-10,13-16H2/t17-,21+/m0/s1. The second-order valence-electron chi connectivity index (χ2n) is 7.69. The van der Waals surface area contributed by atoms with Gasteiger partial charge in [-0.1, -0.05) is 42.5 Å². The Kier molecular flexibility index (Phi) is 3.79. The molecule has 1 saturated heterocycles. The van der Waals surface area contributed by atoms with Gasteiger partial charge in [0.25, 0.3) is 0 Å². The number of fused-ring (bicyclic) bond motifs is 3. The lowest BCUT2D eigenvalue weighted by Crippen LogP contribution is -2.46. The number of nitrogens with zero attached hydrogens (tertiary/aromatic N) is 2. The molecule has 0 unspecified atom stereocenters. The molecular weight excluding hydrogens is 304 g/mol. The number of rotatable bonds is 2. The predicted molar refractivity (Wildman–Crippen MR) is 103 cm³/mol. The predicted octanol–water partition coefficient (Wildman–Crippen LogP) is 4.61. The molecule has 0 spiro atoms. The van der Waals surface area contributed by atoms with Crippen LogP contribution in [0.2, 0.25) is 0 Å². The molecule has 3 aliphatic rings. The highest BCUT2D eigenvalue weighted by molar-refractivity contribution is 5.81. The molecule has 3 aromatic rings. The molecular formula is C23H24N2. The highest BCUT2D eigenvalue weighted by atomic mass is 15.2. The Bertz CT molecular complexity index is 896. The average molecular weight is 328 g/mol. The molecule has 1 aliphatic carbocycles. The Morgan fingerprint density at radius 2 is 1.68 bits per heavy atom. The van der Waals surface area contributed by atoms with Gasteiger partial charge in [-0.05, 0) is 60.4 Å². The van der Waals surface area contributed by atoms with E-state index in [0.29, 0.717) is 6.04 Å². The molecule has 6 rings (SSSR count). The van der Waals surface area contributed by atoms with Crippen LogP contribution in [-0.4, -0.2) is 22.5 Å². The van der Waals surface area contributed by atoms with Gasteiger partial charge in [0.15, 0.2) is 0 Å². The molecule has 2 heteroatoms. The molecule has 25 heavy (non-hydrogen) atoms. The van der Waals surface area contributed by atoms with E-state index in [9.17, 15) is 0 Å². The summed E-state index contributed by atoms with van der Waals surface area (Å²) in [6.07, 6.45) is 7.13. The first-order chi connectivity index (χ1) is 12.4.